The molecule has 0 fully saturated rings. The number of allylic oxidation sites excluding steroid dienone is 1. The van der Waals surface area contributed by atoms with E-state index in [1.165, 1.54) is 64.2 Å². The first-order valence-electron chi connectivity index (χ1n) is 9.84. The third kappa shape index (κ3) is 8.92. The van der Waals surface area contributed by atoms with Crippen molar-refractivity contribution in [2.75, 3.05) is 0 Å². The van der Waals surface area contributed by atoms with Gasteiger partial charge in [-0.15, -0.1) is 0 Å². The number of rotatable bonds is 14. The Morgan fingerprint density at radius 1 is 0.958 bits per heavy atom. The molecule has 1 nitrogen and oxygen atoms in total. The predicted molar refractivity (Wildman–Crippen MR) is 104 cm³/mol. The topological polar surface area (TPSA) is 23.8 Å². The standard InChI is InChI=1S/C23H34N/c1-3-4-5-6-7-8-9-10-11-12-14-19-23(20-24)21(2)22-17-15-13-16-18-22/h15-18,23H,2-12,14,19H2,1H3. The van der Waals surface area contributed by atoms with E-state index < -0.39 is 0 Å². The van der Waals surface area contributed by atoms with Crippen LogP contribution in [0.15, 0.2) is 30.8 Å². The first-order chi connectivity index (χ1) is 11.8. The Labute approximate surface area is 149 Å². The number of hydrogen-bond donors (Lipinski definition) is 0. The average molecular weight is 325 g/mol. The van der Waals surface area contributed by atoms with Crippen LogP contribution >= 0.6 is 0 Å². The molecule has 1 atom stereocenters. The molecule has 0 bridgehead atoms. The fourth-order valence-electron chi connectivity index (χ4n) is 3.13. The second kappa shape index (κ2) is 13.8. The minimum atomic E-state index is -0.0500. The Morgan fingerprint density at radius 3 is 1.96 bits per heavy atom. The second-order valence-electron chi connectivity index (χ2n) is 6.82. The number of nitrogens with zero attached hydrogens (tertiary/aromatic N) is 1. The maximum Gasteiger partial charge on any atom is 0.0712 e. The molecule has 0 spiro atoms. The highest BCUT2D eigenvalue weighted by Crippen LogP contribution is 2.25. The van der Waals surface area contributed by atoms with Gasteiger partial charge in [-0.05, 0) is 23.6 Å². The number of unbranched alkanes of at least 4 members (excludes halogenated alkanes) is 10. The van der Waals surface area contributed by atoms with Crippen LogP contribution in [0.4, 0.5) is 0 Å². The van der Waals surface area contributed by atoms with Crippen molar-refractivity contribution >= 4 is 5.57 Å². The summed E-state index contributed by atoms with van der Waals surface area (Å²) in [5, 5.41) is 9.40. The number of benzene rings is 1. The zero-order valence-electron chi connectivity index (χ0n) is 15.5. The highest BCUT2D eigenvalue weighted by Gasteiger charge is 2.12. The summed E-state index contributed by atoms with van der Waals surface area (Å²) in [7, 11) is 0. The van der Waals surface area contributed by atoms with Gasteiger partial charge >= 0.3 is 0 Å². The summed E-state index contributed by atoms with van der Waals surface area (Å²) in [6, 6.07) is 13.2. The number of hydrogen-bond acceptors (Lipinski definition) is 1. The molecule has 0 saturated heterocycles. The van der Waals surface area contributed by atoms with E-state index in [0.717, 1.165) is 24.0 Å². The van der Waals surface area contributed by atoms with Crippen molar-refractivity contribution in [1.82, 2.24) is 0 Å². The minimum Gasteiger partial charge on any atom is -0.198 e. The summed E-state index contributed by atoms with van der Waals surface area (Å²) in [5.41, 5.74) is 2.03. The van der Waals surface area contributed by atoms with Crippen LogP contribution in [-0.4, -0.2) is 0 Å². The second-order valence-corrected chi connectivity index (χ2v) is 6.82. The van der Waals surface area contributed by atoms with E-state index in [4.69, 9.17) is 0 Å². The molecule has 1 unspecified atom stereocenters. The van der Waals surface area contributed by atoms with E-state index in [-0.39, 0.29) is 5.92 Å². The van der Waals surface area contributed by atoms with E-state index in [2.05, 4.69) is 25.6 Å². The molecular weight excluding hydrogens is 290 g/mol. The van der Waals surface area contributed by atoms with Crippen LogP contribution < -0.4 is 0 Å². The molecule has 0 N–H and O–H groups in total. The van der Waals surface area contributed by atoms with Crippen LogP contribution in [0.3, 0.4) is 0 Å². The van der Waals surface area contributed by atoms with Crippen LogP contribution in [-0.2, 0) is 0 Å². The van der Waals surface area contributed by atoms with Crippen molar-refractivity contribution in [2.45, 2.75) is 84.0 Å². The van der Waals surface area contributed by atoms with Crippen molar-refractivity contribution in [1.29, 1.82) is 5.26 Å². The molecule has 1 heteroatoms. The lowest BCUT2D eigenvalue weighted by Crippen LogP contribution is -2.00. The first-order valence-corrected chi connectivity index (χ1v) is 9.84. The summed E-state index contributed by atoms with van der Waals surface area (Å²) < 4.78 is 0. The van der Waals surface area contributed by atoms with Gasteiger partial charge in [-0.3, -0.25) is 0 Å². The molecule has 0 heterocycles. The molecule has 0 aliphatic rings. The Morgan fingerprint density at radius 2 is 1.46 bits per heavy atom. The summed E-state index contributed by atoms with van der Waals surface area (Å²) in [6.07, 6.45) is 15.7. The predicted octanol–water partition coefficient (Wildman–Crippen LogP) is 7.34. The van der Waals surface area contributed by atoms with Crippen molar-refractivity contribution in [3.05, 3.63) is 42.5 Å². The van der Waals surface area contributed by atoms with Crippen molar-refractivity contribution in [3.8, 4) is 6.07 Å². The Balaban J connectivity index is 2.05. The summed E-state index contributed by atoms with van der Waals surface area (Å²) in [4.78, 5) is 0. The maximum atomic E-state index is 9.40. The lowest BCUT2D eigenvalue weighted by Gasteiger charge is -2.12. The molecule has 1 aromatic rings. The van der Waals surface area contributed by atoms with E-state index in [0.29, 0.717) is 0 Å². The normalized spacial score (nSPS) is 11.8. The highest BCUT2D eigenvalue weighted by molar-refractivity contribution is 5.67. The first kappa shape index (κ1) is 20.5. The zero-order chi connectivity index (χ0) is 17.5. The molecule has 0 aromatic heterocycles. The van der Waals surface area contributed by atoms with E-state index in [1.54, 1.807) is 0 Å². The molecule has 0 aliphatic carbocycles. The van der Waals surface area contributed by atoms with Gasteiger partial charge in [-0.25, -0.2) is 0 Å². The van der Waals surface area contributed by atoms with E-state index in [1.807, 2.05) is 24.3 Å². The van der Waals surface area contributed by atoms with Gasteiger partial charge in [0.1, 0.15) is 0 Å². The van der Waals surface area contributed by atoms with Crippen LogP contribution in [0.1, 0.15) is 89.5 Å². The van der Waals surface area contributed by atoms with E-state index in [9.17, 15) is 5.26 Å². The van der Waals surface area contributed by atoms with Crippen LogP contribution in [0.5, 0.6) is 0 Å². The Kier molecular flexibility index (Phi) is 11.8. The lowest BCUT2D eigenvalue weighted by atomic mass is 9.90. The Bertz CT molecular complexity index is 469. The molecule has 0 amide bonds. The Hall–Kier alpha value is -1.55. The van der Waals surface area contributed by atoms with Crippen molar-refractivity contribution < 1.29 is 0 Å². The number of nitriles is 1. The summed E-state index contributed by atoms with van der Waals surface area (Å²) in [6.45, 7) is 6.40. The highest BCUT2D eigenvalue weighted by atomic mass is 14.3. The van der Waals surface area contributed by atoms with E-state index >= 15 is 0 Å². The van der Waals surface area contributed by atoms with Gasteiger partial charge in [0.15, 0.2) is 0 Å². The van der Waals surface area contributed by atoms with Crippen molar-refractivity contribution in [3.63, 3.8) is 0 Å². The molecule has 1 rings (SSSR count). The smallest absolute Gasteiger partial charge is 0.0712 e. The zero-order valence-corrected chi connectivity index (χ0v) is 15.5. The molecule has 0 aliphatic heterocycles. The summed E-state index contributed by atoms with van der Waals surface area (Å²) in [5.74, 6) is -0.0500. The van der Waals surface area contributed by atoms with Crippen LogP contribution in [0.25, 0.3) is 5.57 Å². The van der Waals surface area contributed by atoms with Gasteiger partial charge in [0.2, 0.25) is 0 Å². The van der Waals surface area contributed by atoms with Gasteiger partial charge in [0, 0.05) is 0 Å². The van der Waals surface area contributed by atoms with Gasteiger partial charge in [-0.2, -0.15) is 5.26 Å². The molecule has 1 aromatic carbocycles. The van der Waals surface area contributed by atoms with Crippen molar-refractivity contribution in [2.24, 2.45) is 5.92 Å². The third-order valence-electron chi connectivity index (χ3n) is 4.76. The molecular formula is C23H34N. The fourth-order valence-corrected chi connectivity index (χ4v) is 3.13. The lowest BCUT2D eigenvalue weighted by molar-refractivity contribution is 0.537. The summed E-state index contributed by atoms with van der Waals surface area (Å²) >= 11 is 0. The van der Waals surface area contributed by atoms with Gasteiger partial charge in [0.05, 0.1) is 12.0 Å². The molecule has 0 saturated carbocycles. The monoisotopic (exact) mass is 324 g/mol. The largest absolute Gasteiger partial charge is 0.198 e. The van der Waals surface area contributed by atoms with Gasteiger partial charge < -0.3 is 0 Å². The van der Waals surface area contributed by atoms with Crippen LogP contribution in [0, 0.1) is 23.3 Å². The molecule has 131 valence electrons. The fraction of sp³-hybridized carbons (Fsp3) is 0.609. The minimum absolute atomic E-state index is 0.0500. The average Bonchev–Trinajstić information content (AvgIpc) is 2.63. The SMILES string of the molecule is C=C(c1cc[c]cc1)C(C#N)CCCCCCCCCCCCC. The third-order valence-corrected chi connectivity index (χ3v) is 4.76. The van der Waals surface area contributed by atoms with Gasteiger partial charge in [-0.1, -0.05) is 108 Å². The van der Waals surface area contributed by atoms with Gasteiger partial charge in [0.25, 0.3) is 0 Å². The maximum absolute atomic E-state index is 9.40. The molecule has 24 heavy (non-hydrogen) atoms. The molecule has 1 radical (unpaired) electrons. The quantitative estimate of drug-likeness (QED) is 0.328. The van der Waals surface area contributed by atoms with Crippen LogP contribution in [0.2, 0.25) is 0 Å².